The largest absolute Gasteiger partial charge is 0.454 e. The molecule has 2 rings (SSSR count). The lowest BCUT2D eigenvalue weighted by atomic mass is 10.1. The molecule has 0 aromatic heterocycles. The van der Waals surface area contributed by atoms with Crippen LogP contribution in [-0.2, 0) is 6.54 Å². The number of rotatable bonds is 7. The van der Waals surface area contributed by atoms with Crippen LogP contribution < -0.4 is 24.8 Å². The van der Waals surface area contributed by atoms with E-state index in [1.165, 1.54) is 6.07 Å². The van der Waals surface area contributed by atoms with Gasteiger partial charge in [0.25, 0.3) is 0 Å². The predicted octanol–water partition coefficient (Wildman–Crippen LogP) is 3.44. The van der Waals surface area contributed by atoms with Gasteiger partial charge < -0.3 is 24.8 Å². The number of halogens is 3. The lowest BCUT2D eigenvalue weighted by molar-refractivity contribution is -0.0505. The Morgan fingerprint density at radius 3 is 2.54 bits per heavy atom. The Hall–Kier alpha value is -1.17. The van der Waals surface area contributed by atoms with Crippen molar-refractivity contribution in [3.05, 3.63) is 17.7 Å². The van der Waals surface area contributed by atoms with Crippen molar-refractivity contribution in [1.82, 2.24) is 10.6 Å². The number of fused-ring (bicyclic) bond motifs is 1. The highest BCUT2D eigenvalue weighted by atomic mass is 127. The molecule has 148 valence electrons. The molecule has 0 fully saturated rings. The summed E-state index contributed by atoms with van der Waals surface area (Å²) in [6, 6.07) is 3.05. The summed E-state index contributed by atoms with van der Waals surface area (Å²) in [5, 5.41) is 6.31. The summed E-state index contributed by atoms with van der Waals surface area (Å²) in [6.45, 7) is 2.33. The molecular formula is C16H24F2IN3O3S. The van der Waals surface area contributed by atoms with Gasteiger partial charge in [-0.25, -0.2) is 0 Å². The quantitative estimate of drug-likeness (QED) is 0.338. The van der Waals surface area contributed by atoms with E-state index in [4.69, 9.17) is 9.47 Å². The van der Waals surface area contributed by atoms with Gasteiger partial charge >= 0.3 is 6.61 Å². The van der Waals surface area contributed by atoms with E-state index in [2.05, 4.69) is 34.2 Å². The van der Waals surface area contributed by atoms with Crippen molar-refractivity contribution in [2.75, 3.05) is 26.6 Å². The third-order valence-corrected chi connectivity index (χ3v) is 4.93. The Morgan fingerprint density at radius 2 is 1.96 bits per heavy atom. The zero-order chi connectivity index (χ0) is 18.4. The molecule has 1 aromatic rings. The molecule has 0 amide bonds. The SMILES string of the molecule is CN=C(NCc1cc2c(cc1OC(F)F)OCO2)NCC(C)(C)SC.I. The Balaban J connectivity index is 0.00000338. The first-order valence-electron chi connectivity index (χ1n) is 7.71. The fraction of sp³-hybridized carbons (Fsp3) is 0.562. The molecule has 26 heavy (non-hydrogen) atoms. The Kier molecular flexibility index (Phi) is 9.01. The van der Waals surface area contributed by atoms with E-state index in [1.54, 1.807) is 24.9 Å². The Bertz CT molecular complexity index is 633. The molecule has 0 unspecified atom stereocenters. The van der Waals surface area contributed by atoms with E-state index in [1.807, 2.05) is 6.26 Å². The standard InChI is InChI=1S/C16H23F2N3O3S.HI/c1-16(2,25-4)8-21-15(19-3)20-7-10-5-12-13(23-9-22-12)6-11(10)24-14(17)18;/h5-6,14H,7-9H2,1-4H3,(H2,19,20,21);1H. The summed E-state index contributed by atoms with van der Waals surface area (Å²) < 4.78 is 40.5. The summed E-state index contributed by atoms with van der Waals surface area (Å²) >= 11 is 1.74. The molecule has 2 N–H and O–H groups in total. The smallest absolute Gasteiger partial charge is 0.387 e. The van der Waals surface area contributed by atoms with Crippen molar-refractivity contribution in [2.24, 2.45) is 4.99 Å². The van der Waals surface area contributed by atoms with E-state index < -0.39 is 6.61 Å². The summed E-state index contributed by atoms with van der Waals surface area (Å²) in [6.07, 6.45) is 2.04. The molecule has 0 bridgehead atoms. The minimum atomic E-state index is -2.92. The van der Waals surface area contributed by atoms with Gasteiger partial charge in [-0.3, -0.25) is 4.99 Å². The molecule has 1 aliphatic rings. The number of nitrogens with one attached hydrogen (secondary N) is 2. The van der Waals surface area contributed by atoms with Crippen LogP contribution in [-0.4, -0.2) is 44.0 Å². The van der Waals surface area contributed by atoms with E-state index in [9.17, 15) is 8.78 Å². The molecule has 0 saturated carbocycles. The van der Waals surface area contributed by atoms with Gasteiger partial charge in [0.2, 0.25) is 6.79 Å². The van der Waals surface area contributed by atoms with Gasteiger partial charge in [0, 0.05) is 36.5 Å². The molecule has 0 saturated heterocycles. The fourth-order valence-corrected chi connectivity index (χ4v) is 2.29. The number of benzene rings is 1. The van der Waals surface area contributed by atoms with E-state index in [-0.39, 0.29) is 47.8 Å². The normalized spacial score (nSPS) is 13.4. The van der Waals surface area contributed by atoms with Crippen molar-refractivity contribution in [3.63, 3.8) is 0 Å². The van der Waals surface area contributed by atoms with E-state index in [0.717, 1.165) is 0 Å². The Morgan fingerprint density at radius 1 is 1.31 bits per heavy atom. The van der Waals surface area contributed by atoms with Gasteiger partial charge in [-0.05, 0) is 26.2 Å². The number of thioether (sulfide) groups is 1. The number of alkyl halides is 2. The number of ether oxygens (including phenoxy) is 3. The first-order valence-corrected chi connectivity index (χ1v) is 8.94. The second-order valence-electron chi connectivity index (χ2n) is 5.93. The summed E-state index contributed by atoms with van der Waals surface area (Å²) in [5.74, 6) is 1.52. The van der Waals surface area contributed by atoms with Crippen molar-refractivity contribution < 1.29 is 23.0 Å². The van der Waals surface area contributed by atoms with Gasteiger partial charge in [-0.2, -0.15) is 20.5 Å². The maximum absolute atomic E-state index is 12.7. The zero-order valence-corrected chi connectivity index (χ0v) is 18.2. The molecule has 1 heterocycles. The number of nitrogens with zero attached hydrogens (tertiary/aromatic N) is 1. The molecule has 1 aliphatic heterocycles. The van der Waals surface area contributed by atoms with Crippen molar-refractivity contribution in [2.45, 2.75) is 31.8 Å². The Labute approximate surface area is 173 Å². The first-order chi connectivity index (χ1) is 11.8. The van der Waals surface area contributed by atoms with Gasteiger partial charge in [-0.1, -0.05) is 0 Å². The summed E-state index contributed by atoms with van der Waals surface area (Å²) in [7, 11) is 1.65. The van der Waals surface area contributed by atoms with Crippen LogP contribution in [0.25, 0.3) is 0 Å². The molecular weight excluding hydrogens is 479 g/mol. The molecule has 0 spiro atoms. The monoisotopic (exact) mass is 503 g/mol. The van der Waals surface area contributed by atoms with Crippen LogP contribution in [0.4, 0.5) is 8.78 Å². The molecule has 6 nitrogen and oxygen atoms in total. The summed E-state index contributed by atoms with van der Waals surface area (Å²) in [4.78, 5) is 4.14. The fourth-order valence-electron chi connectivity index (χ4n) is 2.08. The van der Waals surface area contributed by atoms with Gasteiger partial charge in [-0.15, -0.1) is 24.0 Å². The number of hydrogen-bond donors (Lipinski definition) is 2. The van der Waals surface area contributed by atoms with Gasteiger partial charge in [0.15, 0.2) is 17.5 Å². The molecule has 1 aromatic carbocycles. The number of hydrogen-bond acceptors (Lipinski definition) is 5. The third-order valence-electron chi connectivity index (χ3n) is 3.68. The first kappa shape index (κ1) is 22.9. The van der Waals surface area contributed by atoms with Crippen LogP contribution in [0.5, 0.6) is 17.2 Å². The molecule has 0 aliphatic carbocycles. The second-order valence-corrected chi connectivity index (χ2v) is 7.45. The highest BCUT2D eigenvalue weighted by molar-refractivity contribution is 14.0. The van der Waals surface area contributed by atoms with Crippen molar-refractivity contribution >= 4 is 41.7 Å². The lowest BCUT2D eigenvalue weighted by Crippen LogP contribution is -2.43. The van der Waals surface area contributed by atoms with Crippen LogP contribution in [0, 0.1) is 0 Å². The van der Waals surface area contributed by atoms with Gasteiger partial charge in [0.1, 0.15) is 5.75 Å². The molecule has 0 atom stereocenters. The minimum absolute atomic E-state index is 0. The lowest BCUT2D eigenvalue weighted by Gasteiger charge is -2.24. The maximum Gasteiger partial charge on any atom is 0.387 e. The van der Waals surface area contributed by atoms with Crippen LogP contribution in [0.2, 0.25) is 0 Å². The number of guanidine groups is 1. The van der Waals surface area contributed by atoms with Crippen LogP contribution in [0.1, 0.15) is 19.4 Å². The average molecular weight is 503 g/mol. The maximum atomic E-state index is 12.7. The molecule has 10 heteroatoms. The van der Waals surface area contributed by atoms with Crippen molar-refractivity contribution in [3.8, 4) is 17.2 Å². The number of aliphatic imine (C=N–C) groups is 1. The van der Waals surface area contributed by atoms with Crippen LogP contribution >= 0.6 is 35.7 Å². The summed E-state index contributed by atoms with van der Waals surface area (Å²) in [5.41, 5.74) is 0.525. The van der Waals surface area contributed by atoms with E-state index in [0.29, 0.717) is 29.6 Å². The van der Waals surface area contributed by atoms with Crippen LogP contribution in [0.3, 0.4) is 0 Å². The highest BCUT2D eigenvalue weighted by Gasteiger charge is 2.21. The third kappa shape index (κ3) is 6.53. The zero-order valence-electron chi connectivity index (χ0n) is 15.1. The van der Waals surface area contributed by atoms with Crippen molar-refractivity contribution in [1.29, 1.82) is 0 Å². The minimum Gasteiger partial charge on any atom is -0.454 e. The topological polar surface area (TPSA) is 64.1 Å². The average Bonchev–Trinajstić information content (AvgIpc) is 3.01. The van der Waals surface area contributed by atoms with Crippen LogP contribution in [0.15, 0.2) is 17.1 Å². The molecule has 0 radical (unpaired) electrons. The van der Waals surface area contributed by atoms with E-state index >= 15 is 0 Å². The highest BCUT2D eigenvalue weighted by Crippen LogP contribution is 2.38. The predicted molar refractivity (Wildman–Crippen MR) is 110 cm³/mol. The van der Waals surface area contributed by atoms with Gasteiger partial charge in [0.05, 0.1) is 0 Å². The second kappa shape index (κ2) is 10.2.